The number of rotatable bonds is 5. The molecule has 0 saturated heterocycles. The van der Waals surface area contributed by atoms with Crippen molar-refractivity contribution in [1.29, 1.82) is 0 Å². The predicted octanol–water partition coefficient (Wildman–Crippen LogP) is 4.99. The van der Waals surface area contributed by atoms with Crippen molar-refractivity contribution < 1.29 is 14.6 Å². The zero-order chi connectivity index (χ0) is 20.1. The average molecular weight is 403 g/mol. The fourth-order valence-corrected chi connectivity index (χ4v) is 3.75. The molecule has 0 unspecified atom stereocenters. The van der Waals surface area contributed by atoms with Gasteiger partial charge in [-0.2, -0.15) is 0 Å². The van der Waals surface area contributed by atoms with Crippen LogP contribution in [0.5, 0.6) is 5.75 Å². The molecule has 0 bridgehead atoms. The third kappa shape index (κ3) is 5.18. The molecule has 3 rings (SSSR count). The number of aliphatic hydroxyl groups excluding tert-OH is 1. The second kappa shape index (κ2) is 9.30. The molecule has 0 radical (unpaired) electrons. The van der Waals surface area contributed by atoms with Gasteiger partial charge >= 0.3 is 6.03 Å². The zero-order valence-corrected chi connectivity index (χ0v) is 17.1. The normalized spacial score (nSPS) is 19.1. The maximum absolute atomic E-state index is 13.1. The molecule has 0 atom stereocenters. The van der Waals surface area contributed by atoms with Gasteiger partial charge in [0.1, 0.15) is 5.75 Å². The molecular formula is C22H27ClN2O3. The van der Waals surface area contributed by atoms with E-state index in [1.807, 2.05) is 48.2 Å². The summed E-state index contributed by atoms with van der Waals surface area (Å²) in [6.07, 6.45) is 2.72. The van der Waals surface area contributed by atoms with Gasteiger partial charge in [0.05, 0.1) is 13.2 Å². The number of anilines is 1. The van der Waals surface area contributed by atoms with E-state index in [2.05, 4.69) is 5.32 Å². The highest BCUT2D eigenvalue weighted by Gasteiger charge is 2.28. The number of nitrogens with zero attached hydrogens (tertiary/aromatic N) is 1. The van der Waals surface area contributed by atoms with E-state index in [1.165, 1.54) is 0 Å². The van der Waals surface area contributed by atoms with E-state index in [0.29, 0.717) is 30.1 Å². The SMILES string of the molecule is COc1cccc(CN(C(=O)Nc2ccc(C)c(Cl)c2)C2CCC(O)CC2)c1. The number of halogens is 1. The van der Waals surface area contributed by atoms with Crippen molar-refractivity contribution in [3.63, 3.8) is 0 Å². The highest BCUT2D eigenvalue weighted by molar-refractivity contribution is 6.31. The first-order valence-electron chi connectivity index (χ1n) is 9.61. The monoisotopic (exact) mass is 402 g/mol. The van der Waals surface area contributed by atoms with Gasteiger partial charge in [-0.15, -0.1) is 0 Å². The van der Waals surface area contributed by atoms with E-state index < -0.39 is 0 Å². The molecule has 150 valence electrons. The van der Waals surface area contributed by atoms with Gasteiger partial charge in [0.25, 0.3) is 0 Å². The third-order valence-electron chi connectivity index (χ3n) is 5.28. The molecule has 1 fully saturated rings. The Morgan fingerprint density at radius 3 is 2.64 bits per heavy atom. The number of benzene rings is 2. The Kier molecular flexibility index (Phi) is 6.81. The van der Waals surface area contributed by atoms with Gasteiger partial charge in [-0.3, -0.25) is 0 Å². The van der Waals surface area contributed by atoms with Gasteiger partial charge in [0.15, 0.2) is 0 Å². The molecule has 0 spiro atoms. The van der Waals surface area contributed by atoms with E-state index >= 15 is 0 Å². The number of carbonyl (C=O) groups excluding carboxylic acids is 1. The lowest BCUT2D eigenvalue weighted by Gasteiger charge is -2.36. The van der Waals surface area contributed by atoms with Crippen LogP contribution >= 0.6 is 11.6 Å². The first kappa shape index (κ1) is 20.5. The second-order valence-corrected chi connectivity index (χ2v) is 7.74. The maximum Gasteiger partial charge on any atom is 0.322 e. The Morgan fingerprint density at radius 1 is 1.21 bits per heavy atom. The first-order chi connectivity index (χ1) is 13.5. The van der Waals surface area contributed by atoms with Crippen LogP contribution in [0.25, 0.3) is 0 Å². The van der Waals surface area contributed by atoms with Crippen LogP contribution in [0, 0.1) is 6.92 Å². The fraction of sp³-hybridized carbons (Fsp3) is 0.409. The molecule has 5 nitrogen and oxygen atoms in total. The first-order valence-corrected chi connectivity index (χ1v) is 9.99. The Balaban J connectivity index is 1.79. The Bertz CT molecular complexity index is 819. The predicted molar refractivity (Wildman–Crippen MR) is 112 cm³/mol. The van der Waals surface area contributed by atoms with Crippen molar-refractivity contribution in [3.05, 3.63) is 58.6 Å². The molecule has 6 heteroatoms. The van der Waals surface area contributed by atoms with E-state index in [-0.39, 0.29) is 18.2 Å². The Hall–Kier alpha value is -2.24. The summed E-state index contributed by atoms with van der Waals surface area (Å²) in [4.78, 5) is 15.0. The van der Waals surface area contributed by atoms with E-state index in [1.54, 1.807) is 13.2 Å². The van der Waals surface area contributed by atoms with Crippen LogP contribution in [0.4, 0.5) is 10.5 Å². The molecule has 1 aliphatic carbocycles. The van der Waals surface area contributed by atoms with Crippen LogP contribution in [0.15, 0.2) is 42.5 Å². The number of carbonyl (C=O) groups is 1. The minimum Gasteiger partial charge on any atom is -0.497 e. The van der Waals surface area contributed by atoms with E-state index in [0.717, 1.165) is 29.7 Å². The lowest BCUT2D eigenvalue weighted by Crippen LogP contribution is -2.44. The number of hydrogen-bond donors (Lipinski definition) is 2. The van der Waals surface area contributed by atoms with Crippen molar-refractivity contribution in [2.24, 2.45) is 0 Å². The zero-order valence-electron chi connectivity index (χ0n) is 16.3. The van der Waals surface area contributed by atoms with Gasteiger partial charge < -0.3 is 20.1 Å². The van der Waals surface area contributed by atoms with Crippen LogP contribution in [0.3, 0.4) is 0 Å². The summed E-state index contributed by atoms with van der Waals surface area (Å²) in [5, 5.41) is 13.4. The van der Waals surface area contributed by atoms with Crippen molar-refractivity contribution in [2.45, 2.75) is 51.3 Å². The summed E-state index contributed by atoms with van der Waals surface area (Å²) in [6, 6.07) is 13.2. The minimum absolute atomic E-state index is 0.0792. The molecule has 2 aromatic rings. The third-order valence-corrected chi connectivity index (χ3v) is 5.69. The molecule has 1 saturated carbocycles. The molecule has 0 aromatic heterocycles. The Morgan fingerprint density at radius 2 is 1.96 bits per heavy atom. The molecule has 2 N–H and O–H groups in total. The number of hydrogen-bond acceptors (Lipinski definition) is 3. The van der Waals surface area contributed by atoms with Crippen LogP contribution in [0.2, 0.25) is 5.02 Å². The number of nitrogens with one attached hydrogen (secondary N) is 1. The van der Waals surface area contributed by atoms with Gasteiger partial charge in [-0.1, -0.05) is 29.8 Å². The summed E-state index contributed by atoms with van der Waals surface area (Å²) in [7, 11) is 1.63. The summed E-state index contributed by atoms with van der Waals surface area (Å²) in [5.41, 5.74) is 2.64. The number of aliphatic hydroxyl groups is 1. The quantitative estimate of drug-likeness (QED) is 0.740. The van der Waals surface area contributed by atoms with Gasteiger partial charge in [0.2, 0.25) is 0 Å². The number of amides is 2. The topological polar surface area (TPSA) is 61.8 Å². The van der Waals surface area contributed by atoms with Crippen LogP contribution in [0.1, 0.15) is 36.8 Å². The summed E-state index contributed by atoms with van der Waals surface area (Å²) in [6.45, 7) is 2.40. The van der Waals surface area contributed by atoms with Gasteiger partial charge in [-0.05, 0) is 68.0 Å². The van der Waals surface area contributed by atoms with Crippen molar-refractivity contribution in [1.82, 2.24) is 4.90 Å². The van der Waals surface area contributed by atoms with E-state index in [9.17, 15) is 9.90 Å². The maximum atomic E-state index is 13.1. The fourth-order valence-electron chi connectivity index (χ4n) is 3.57. The van der Waals surface area contributed by atoms with Gasteiger partial charge in [0, 0.05) is 23.3 Å². The van der Waals surface area contributed by atoms with Crippen molar-refractivity contribution in [3.8, 4) is 5.75 Å². The molecule has 0 aliphatic heterocycles. The highest BCUT2D eigenvalue weighted by Crippen LogP contribution is 2.27. The number of aryl methyl sites for hydroxylation is 1. The average Bonchev–Trinajstić information content (AvgIpc) is 2.70. The summed E-state index contributed by atoms with van der Waals surface area (Å²) >= 11 is 6.20. The molecule has 2 amide bonds. The molecule has 1 aliphatic rings. The minimum atomic E-state index is -0.270. The number of methoxy groups -OCH3 is 1. The van der Waals surface area contributed by atoms with Crippen LogP contribution < -0.4 is 10.1 Å². The molecular weight excluding hydrogens is 376 g/mol. The van der Waals surface area contributed by atoms with Gasteiger partial charge in [-0.25, -0.2) is 4.79 Å². The molecule has 0 heterocycles. The lowest BCUT2D eigenvalue weighted by atomic mass is 9.92. The smallest absolute Gasteiger partial charge is 0.322 e. The van der Waals surface area contributed by atoms with E-state index in [4.69, 9.17) is 16.3 Å². The second-order valence-electron chi connectivity index (χ2n) is 7.34. The molecule has 28 heavy (non-hydrogen) atoms. The standard InChI is InChI=1S/C22H27ClN2O3/c1-15-6-7-17(13-21(15)23)24-22(27)25(18-8-10-19(26)11-9-18)14-16-4-3-5-20(12-16)28-2/h3-7,12-13,18-19,26H,8-11,14H2,1-2H3,(H,24,27). The highest BCUT2D eigenvalue weighted by atomic mass is 35.5. The number of ether oxygens (including phenoxy) is 1. The lowest BCUT2D eigenvalue weighted by molar-refractivity contribution is 0.0849. The number of urea groups is 1. The Labute approximate surface area is 171 Å². The van der Waals surface area contributed by atoms with Crippen molar-refractivity contribution >= 4 is 23.3 Å². The van der Waals surface area contributed by atoms with Crippen LogP contribution in [-0.2, 0) is 6.54 Å². The summed E-state index contributed by atoms with van der Waals surface area (Å²) in [5.74, 6) is 0.766. The van der Waals surface area contributed by atoms with Crippen molar-refractivity contribution in [2.75, 3.05) is 12.4 Å². The largest absolute Gasteiger partial charge is 0.497 e. The molecule has 2 aromatic carbocycles. The van der Waals surface area contributed by atoms with Crippen LogP contribution in [-0.4, -0.2) is 35.3 Å². The summed E-state index contributed by atoms with van der Waals surface area (Å²) < 4.78 is 5.31.